The van der Waals surface area contributed by atoms with Crippen molar-refractivity contribution in [3.05, 3.63) is 47.4 Å². The van der Waals surface area contributed by atoms with Crippen molar-refractivity contribution in [2.24, 2.45) is 5.16 Å². The highest BCUT2D eigenvalue weighted by Gasteiger charge is 1.98. The SMILES string of the molecule is C=CCO/N=C/c1cc[n+]([O-])cc1C. The Bertz CT molecular complexity index is 348. The zero-order valence-corrected chi connectivity index (χ0v) is 8.01. The number of aryl methyl sites for hydroxylation is 1. The van der Waals surface area contributed by atoms with Crippen LogP contribution in [0, 0.1) is 12.1 Å². The van der Waals surface area contributed by atoms with Crippen molar-refractivity contribution in [3.8, 4) is 0 Å². The molecule has 0 saturated carbocycles. The maximum Gasteiger partial charge on any atom is 0.183 e. The molecule has 1 heterocycles. The molecule has 0 aliphatic carbocycles. The van der Waals surface area contributed by atoms with Crippen LogP contribution >= 0.6 is 0 Å². The van der Waals surface area contributed by atoms with Gasteiger partial charge < -0.3 is 10.0 Å². The Hall–Kier alpha value is -1.84. The molecule has 0 spiro atoms. The van der Waals surface area contributed by atoms with Crippen molar-refractivity contribution in [2.45, 2.75) is 6.92 Å². The third-order valence-electron chi connectivity index (χ3n) is 1.64. The minimum Gasteiger partial charge on any atom is -0.619 e. The van der Waals surface area contributed by atoms with Crippen LogP contribution in [0.4, 0.5) is 0 Å². The maximum absolute atomic E-state index is 10.8. The van der Waals surface area contributed by atoms with Gasteiger partial charge in [0.2, 0.25) is 0 Å². The summed E-state index contributed by atoms with van der Waals surface area (Å²) in [6.45, 7) is 5.71. The first kappa shape index (κ1) is 10.2. The molecule has 4 heteroatoms. The fraction of sp³-hybridized carbons (Fsp3) is 0.200. The van der Waals surface area contributed by atoms with Crippen LogP contribution in [0.1, 0.15) is 11.1 Å². The van der Waals surface area contributed by atoms with Crippen molar-refractivity contribution >= 4 is 6.21 Å². The third kappa shape index (κ3) is 2.90. The number of oxime groups is 1. The number of aromatic nitrogens is 1. The molecule has 74 valence electrons. The minimum absolute atomic E-state index is 0.379. The average molecular weight is 192 g/mol. The van der Waals surface area contributed by atoms with Crippen LogP contribution in [0.25, 0.3) is 0 Å². The normalized spacial score (nSPS) is 10.4. The van der Waals surface area contributed by atoms with Gasteiger partial charge in [-0.25, -0.2) is 0 Å². The van der Waals surface area contributed by atoms with Gasteiger partial charge in [-0.05, 0) is 6.92 Å². The molecule has 0 amide bonds. The summed E-state index contributed by atoms with van der Waals surface area (Å²) in [5, 5.41) is 14.6. The standard InChI is InChI=1S/C10H12N2O2/c1-3-6-14-11-7-10-4-5-12(13)8-9(10)2/h3-5,7-8H,1,6H2,2H3/b11-7+. The first-order valence-electron chi connectivity index (χ1n) is 4.19. The molecule has 14 heavy (non-hydrogen) atoms. The Kier molecular flexibility index (Phi) is 3.67. The van der Waals surface area contributed by atoms with Crippen LogP contribution in [0.5, 0.6) is 0 Å². The summed E-state index contributed by atoms with van der Waals surface area (Å²) < 4.78 is 0.747. The number of hydrogen-bond donors (Lipinski definition) is 0. The molecule has 4 nitrogen and oxygen atoms in total. The number of nitrogens with zero attached hydrogens (tertiary/aromatic N) is 2. The smallest absolute Gasteiger partial charge is 0.183 e. The summed E-state index contributed by atoms with van der Waals surface area (Å²) in [5.41, 5.74) is 1.72. The van der Waals surface area contributed by atoms with E-state index in [0.717, 1.165) is 15.9 Å². The van der Waals surface area contributed by atoms with Gasteiger partial charge in [0.05, 0.1) is 6.21 Å². The van der Waals surface area contributed by atoms with E-state index in [0.29, 0.717) is 6.61 Å². The molecular formula is C10H12N2O2. The van der Waals surface area contributed by atoms with E-state index in [1.165, 1.54) is 12.4 Å². The molecule has 1 rings (SSSR count). The van der Waals surface area contributed by atoms with E-state index in [2.05, 4.69) is 11.7 Å². The first-order valence-corrected chi connectivity index (χ1v) is 4.19. The van der Waals surface area contributed by atoms with Crippen LogP contribution in [-0.2, 0) is 4.84 Å². The molecule has 0 unspecified atom stereocenters. The molecule has 0 aliphatic heterocycles. The van der Waals surface area contributed by atoms with Crippen molar-refractivity contribution in [1.29, 1.82) is 0 Å². The molecular weight excluding hydrogens is 180 g/mol. The van der Waals surface area contributed by atoms with E-state index in [1.807, 2.05) is 6.92 Å². The van der Waals surface area contributed by atoms with Gasteiger partial charge in [0, 0.05) is 17.2 Å². The van der Waals surface area contributed by atoms with Crippen molar-refractivity contribution < 1.29 is 9.57 Å². The maximum atomic E-state index is 10.8. The van der Waals surface area contributed by atoms with Gasteiger partial charge in [0.25, 0.3) is 0 Å². The number of rotatable bonds is 4. The van der Waals surface area contributed by atoms with Crippen LogP contribution in [0.3, 0.4) is 0 Å². The lowest BCUT2D eigenvalue weighted by molar-refractivity contribution is -0.605. The third-order valence-corrected chi connectivity index (χ3v) is 1.64. The van der Waals surface area contributed by atoms with Crippen LogP contribution in [0.2, 0.25) is 0 Å². The Morgan fingerprint density at radius 1 is 1.71 bits per heavy atom. The molecule has 0 saturated heterocycles. The quantitative estimate of drug-likeness (QED) is 0.179. The lowest BCUT2D eigenvalue weighted by Gasteiger charge is -1.99. The molecule has 1 aromatic heterocycles. The summed E-state index contributed by atoms with van der Waals surface area (Å²) in [5.74, 6) is 0. The number of hydrogen-bond acceptors (Lipinski definition) is 3. The Morgan fingerprint density at radius 3 is 3.14 bits per heavy atom. The summed E-state index contributed by atoms with van der Waals surface area (Å²) in [6, 6.07) is 1.68. The topological polar surface area (TPSA) is 48.5 Å². The second kappa shape index (κ2) is 5.01. The van der Waals surface area contributed by atoms with Crippen LogP contribution in [0.15, 0.2) is 36.3 Å². The van der Waals surface area contributed by atoms with E-state index in [4.69, 9.17) is 4.84 Å². The van der Waals surface area contributed by atoms with Gasteiger partial charge in [0.1, 0.15) is 6.61 Å². The second-order valence-corrected chi connectivity index (χ2v) is 2.76. The van der Waals surface area contributed by atoms with Gasteiger partial charge in [-0.3, -0.25) is 0 Å². The highest BCUT2D eigenvalue weighted by Crippen LogP contribution is 2.00. The largest absolute Gasteiger partial charge is 0.619 e. The number of pyridine rings is 1. The Morgan fingerprint density at radius 2 is 2.50 bits per heavy atom. The average Bonchev–Trinajstić information content (AvgIpc) is 2.15. The molecule has 0 radical (unpaired) electrons. The van der Waals surface area contributed by atoms with Gasteiger partial charge in [-0.2, -0.15) is 4.73 Å². The van der Waals surface area contributed by atoms with E-state index in [-0.39, 0.29) is 0 Å². The van der Waals surface area contributed by atoms with Crippen molar-refractivity contribution in [2.75, 3.05) is 6.61 Å². The summed E-state index contributed by atoms with van der Waals surface area (Å²) in [4.78, 5) is 4.84. The zero-order chi connectivity index (χ0) is 10.4. The monoisotopic (exact) mass is 192 g/mol. The van der Waals surface area contributed by atoms with Crippen LogP contribution in [-0.4, -0.2) is 12.8 Å². The van der Waals surface area contributed by atoms with Gasteiger partial charge in [0.15, 0.2) is 12.4 Å². The fourth-order valence-electron chi connectivity index (χ4n) is 0.928. The van der Waals surface area contributed by atoms with Crippen LogP contribution < -0.4 is 4.73 Å². The molecule has 0 N–H and O–H groups in total. The molecule has 0 fully saturated rings. The zero-order valence-electron chi connectivity index (χ0n) is 8.01. The van der Waals surface area contributed by atoms with Gasteiger partial charge in [-0.1, -0.05) is 17.8 Å². The molecule has 0 aromatic carbocycles. The van der Waals surface area contributed by atoms with Gasteiger partial charge >= 0.3 is 0 Å². The Balaban J connectivity index is 2.67. The summed E-state index contributed by atoms with van der Waals surface area (Å²) in [7, 11) is 0. The summed E-state index contributed by atoms with van der Waals surface area (Å²) >= 11 is 0. The molecule has 0 bridgehead atoms. The predicted molar refractivity (Wildman–Crippen MR) is 53.9 cm³/mol. The first-order chi connectivity index (χ1) is 6.74. The van der Waals surface area contributed by atoms with Gasteiger partial charge in [-0.15, -0.1) is 0 Å². The second-order valence-electron chi connectivity index (χ2n) is 2.76. The highest BCUT2D eigenvalue weighted by atomic mass is 16.6. The van der Waals surface area contributed by atoms with E-state index < -0.39 is 0 Å². The predicted octanol–water partition coefficient (Wildman–Crippen LogP) is 1.16. The lowest BCUT2D eigenvalue weighted by Crippen LogP contribution is -2.25. The Labute approximate surface area is 82.7 Å². The molecule has 1 aromatic rings. The van der Waals surface area contributed by atoms with E-state index in [9.17, 15) is 5.21 Å². The van der Waals surface area contributed by atoms with Crippen molar-refractivity contribution in [3.63, 3.8) is 0 Å². The molecule has 0 atom stereocenters. The van der Waals surface area contributed by atoms with E-state index in [1.54, 1.807) is 18.4 Å². The summed E-state index contributed by atoms with van der Waals surface area (Å²) in [6.07, 6.45) is 6.08. The highest BCUT2D eigenvalue weighted by molar-refractivity contribution is 5.80. The van der Waals surface area contributed by atoms with E-state index >= 15 is 0 Å². The lowest BCUT2D eigenvalue weighted by atomic mass is 10.2. The molecule has 0 aliphatic rings. The minimum atomic E-state index is 0.379. The fourth-order valence-corrected chi connectivity index (χ4v) is 0.928. The van der Waals surface area contributed by atoms with Crippen molar-refractivity contribution in [1.82, 2.24) is 0 Å².